The Morgan fingerprint density at radius 1 is 1.60 bits per heavy atom. The summed E-state index contributed by atoms with van der Waals surface area (Å²) in [5, 5.41) is 14.7. The molecule has 20 heavy (non-hydrogen) atoms. The molecule has 0 aliphatic rings. The lowest BCUT2D eigenvalue weighted by Gasteiger charge is -2.04. The number of hydrogen-bond donors (Lipinski definition) is 3. The Hall–Kier alpha value is -1.87. The number of rotatable bonds is 5. The highest BCUT2D eigenvalue weighted by Gasteiger charge is 2.11. The molecule has 2 rings (SSSR count). The molecular formula is C11H12N4O3S2. The molecule has 9 heteroatoms. The zero-order valence-corrected chi connectivity index (χ0v) is 12.2. The van der Waals surface area contributed by atoms with Crippen LogP contribution in [-0.2, 0) is 11.2 Å². The lowest BCUT2D eigenvalue weighted by Crippen LogP contribution is -2.17. The molecule has 2 aromatic rings. The molecule has 3 N–H and O–H groups in total. The van der Waals surface area contributed by atoms with Gasteiger partial charge in [-0.1, -0.05) is 18.7 Å². The van der Waals surface area contributed by atoms with E-state index in [1.54, 1.807) is 18.5 Å². The normalized spacial score (nSPS) is 10.4. The molecule has 0 unspecified atom stereocenters. The van der Waals surface area contributed by atoms with E-state index in [0.29, 0.717) is 11.6 Å². The Kier molecular flexibility index (Phi) is 4.74. The van der Waals surface area contributed by atoms with E-state index in [1.165, 1.54) is 11.3 Å². The number of carbonyl (C=O) groups is 1. The van der Waals surface area contributed by atoms with Crippen molar-refractivity contribution >= 4 is 34.1 Å². The van der Waals surface area contributed by atoms with Crippen LogP contribution in [0.15, 0.2) is 21.5 Å². The summed E-state index contributed by atoms with van der Waals surface area (Å²) in [5.41, 5.74) is -0.149. The van der Waals surface area contributed by atoms with E-state index >= 15 is 0 Å². The van der Waals surface area contributed by atoms with Crippen LogP contribution in [0.2, 0.25) is 0 Å². The highest BCUT2D eigenvalue weighted by atomic mass is 32.2. The van der Waals surface area contributed by atoms with Gasteiger partial charge in [-0.25, -0.2) is 4.98 Å². The van der Waals surface area contributed by atoms with Crippen molar-refractivity contribution in [3.63, 3.8) is 0 Å². The number of nitrogens with zero attached hydrogens (tertiary/aromatic N) is 2. The minimum absolute atomic E-state index is 0.0629. The first-order valence-corrected chi connectivity index (χ1v) is 7.61. The first-order valence-electron chi connectivity index (χ1n) is 5.74. The van der Waals surface area contributed by atoms with Gasteiger partial charge in [0.15, 0.2) is 10.3 Å². The molecule has 0 aromatic carbocycles. The van der Waals surface area contributed by atoms with Crippen molar-refractivity contribution in [1.29, 1.82) is 0 Å². The molecule has 0 radical (unpaired) electrons. The van der Waals surface area contributed by atoms with Crippen molar-refractivity contribution in [2.45, 2.75) is 18.5 Å². The van der Waals surface area contributed by atoms with Crippen molar-refractivity contribution in [2.75, 3.05) is 11.1 Å². The van der Waals surface area contributed by atoms with Crippen LogP contribution in [0, 0.1) is 0 Å². The Balaban J connectivity index is 1.97. The highest BCUT2D eigenvalue weighted by molar-refractivity contribution is 7.99. The molecule has 0 saturated heterocycles. The number of thiazole rings is 1. The number of hydrogen-bond acceptors (Lipinski definition) is 7. The largest absolute Gasteiger partial charge is 0.493 e. The maximum Gasteiger partial charge on any atom is 0.258 e. The number of thioether (sulfide) groups is 1. The second kappa shape index (κ2) is 6.53. The minimum atomic E-state index is -0.386. The van der Waals surface area contributed by atoms with Crippen LogP contribution in [0.1, 0.15) is 12.5 Å². The fourth-order valence-corrected chi connectivity index (χ4v) is 2.63. The molecule has 0 aliphatic heterocycles. The number of aromatic nitrogens is 3. The maximum atomic E-state index is 11.6. The number of aromatic hydroxyl groups is 1. The van der Waals surface area contributed by atoms with E-state index in [4.69, 9.17) is 0 Å². The summed E-state index contributed by atoms with van der Waals surface area (Å²) in [4.78, 5) is 33.5. The molecule has 1 amide bonds. The van der Waals surface area contributed by atoms with Crippen LogP contribution in [-0.4, -0.2) is 31.7 Å². The van der Waals surface area contributed by atoms with Crippen LogP contribution < -0.4 is 10.9 Å². The van der Waals surface area contributed by atoms with Crippen LogP contribution in [0.25, 0.3) is 0 Å². The zero-order valence-electron chi connectivity index (χ0n) is 10.5. The topological polar surface area (TPSA) is 108 Å². The Morgan fingerprint density at radius 3 is 3.00 bits per heavy atom. The summed E-state index contributed by atoms with van der Waals surface area (Å²) in [6.07, 6.45) is 1.98. The molecular weight excluding hydrogens is 300 g/mol. The number of nitrogens with one attached hydrogen (secondary N) is 2. The SMILES string of the molecule is CCc1c(O)nc(SCC(=O)Nc2nccs2)[nH]c1=O. The third-order valence-corrected chi connectivity index (χ3v) is 3.91. The monoisotopic (exact) mass is 312 g/mol. The fraction of sp³-hybridized carbons (Fsp3) is 0.273. The standard InChI is InChI=1S/C11H12N4O3S2/c1-2-6-8(17)14-11(15-9(6)18)20-5-7(16)13-10-12-3-4-19-10/h3-4H,2,5H2,1H3,(H,12,13,16)(H2,14,15,17,18). The van der Waals surface area contributed by atoms with Crippen molar-refractivity contribution < 1.29 is 9.90 Å². The zero-order chi connectivity index (χ0) is 14.5. The number of carbonyl (C=O) groups excluding carboxylic acids is 1. The van der Waals surface area contributed by atoms with Crippen molar-refractivity contribution in [3.05, 3.63) is 27.5 Å². The summed E-state index contributed by atoms with van der Waals surface area (Å²) >= 11 is 2.35. The predicted molar refractivity (Wildman–Crippen MR) is 77.4 cm³/mol. The summed E-state index contributed by atoms with van der Waals surface area (Å²) in [5.74, 6) is -0.487. The molecule has 0 saturated carbocycles. The molecule has 0 bridgehead atoms. The Morgan fingerprint density at radius 2 is 2.40 bits per heavy atom. The average molecular weight is 312 g/mol. The van der Waals surface area contributed by atoms with Gasteiger partial charge in [0.25, 0.3) is 5.56 Å². The van der Waals surface area contributed by atoms with Gasteiger partial charge in [-0.2, -0.15) is 4.98 Å². The van der Waals surface area contributed by atoms with Gasteiger partial charge >= 0.3 is 0 Å². The fourth-order valence-electron chi connectivity index (χ4n) is 1.43. The first kappa shape index (κ1) is 14.5. The third-order valence-electron chi connectivity index (χ3n) is 2.34. The van der Waals surface area contributed by atoms with Crippen LogP contribution in [0.3, 0.4) is 0 Å². The Labute approximate surface area is 122 Å². The van der Waals surface area contributed by atoms with Gasteiger partial charge < -0.3 is 15.4 Å². The maximum absolute atomic E-state index is 11.6. The average Bonchev–Trinajstić information content (AvgIpc) is 2.89. The van der Waals surface area contributed by atoms with E-state index in [9.17, 15) is 14.7 Å². The minimum Gasteiger partial charge on any atom is -0.493 e. The molecule has 0 aliphatic carbocycles. The van der Waals surface area contributed by atoms with Crippen LogP contribution >= 0.6 is 23.1 Å². The second-order valence-corrected chi connectivity index (χ2v) is 5.56. The molecule has 2 heterocycles. The van der Waals surface area contributed by atoms with Crippen molar-refractivity contribution in [1.82, 2.24) is 15.0 Å². The number of aromatic amines is 1. The third kappa shape index (κ3) is 3.58. The molecule has 0 fully saturated rings. The predicted octanol–water partition coefficient (Wildman–Crippen LogP) is 1.23. The molecule has 106 valence electrons. The van der Waals surface area contributed by atoms with Crippen molar-refractivity contribution in [3.8, 4) is 5.88 Å². The van der Waals surface area contributed by atoms with E-state index in [2.05, 4.69) is 20.3 Å². The van der Waals surface area contributed by atoms with Crippen LogP contribution in [0.4, 0.5) is 5.13 Å². The quantitative estimate of drug-likeness (QED) is 0.566. The smallest absolute Gasteiger partial charge is 0.258 e. The van der Waals surface area contributed by atoms with E-state index < -0.39 is 0 Å². The van der Waals surface area contributed by atoms with E-state index in [0.717, 1.165) is 11.8 Å². The van der Waals surface area contributed by atoms with Crippen molar-refractivity contribution in [2.24, 2.45) is 0 Å². The molecule has 0 atom stereocenters. The number of H-pyrrole nitrogens is 1. The first-order chi connectivity index (χ1) is 9.60. The lowest BCUT2D eigenvalue weighted by atomic mass is 10.2. The number of amides is 1. The number of anilines is 1. The Bertz CT molecular complexity index is 654. The lowest BCUT2D eigenvalue weighted by molar-refractivity contribution is -0.113. The van der Waals surface area contributed by atoms with Gasteiger partial charge in [-0.15, -0.1) is 11.3 Å². The summed E-state index contributed by atoms with van der Waals surface area (Å²) in [6.45, 7) is 1.75. The second-order valence-electron chi connectivity index (χ2n) is 3.70. The van der Waals surface area contributed by atoms with Gasteiger partial charge in [0, 0.05) is 11.6 Å². The van der Waals surface area contributed by atoms with E-state index in [-0.39, 0.29) is 33.8 Å². The molecule has 7 nitrogen and oxygen atoms in total. The molecule has 0 spiro atoms. The van der Waals surface area contributed by atoms with Crippen LogP contribution in [0.5, 0.6) is 5.88 Å². The van der Waals surface area contributed by atoms with Gasteiger partial charge in [-0.3, -0.25) is 9.59 Å². The van der Waals surface area contributed by atoms with Gasteiger partial charge in [0.2, 0.25) is 11.8 Å². The van der Waals surface area contributed by atoms with Gasteiger partial charge in [0.1, 0.15) is 0 Å². The summed E-state index contributed by atoms with van der Waals surface area (Å²) in [6, 6.07) is 0. The van der Waals surface area contributed by atoms with Gasteiger partial charge in [0.05, 0.1) is 11.3 Å². The highest BCUT2D eigenvalue weighted by Crippen LogP contribution is 2.17. The summed E-state index contributed by atoms with van der Waals surface area (Å²) in [7, 11) is 0. The van der Waals surface area contributed by atoms with E-state index in [1.807, 2.05) is 0 Å². The van der Waals surface area contributed by atoms with Gasteiger partial charge in [-0.05, 0) is 6.42 Å². The molecule has 2 aromatic heterocycles. The summed E-state index contributed by atoms with van der Waals surface area (Å²) < 4.78 is 0.